The third-order valence-corrected chi connectivity index (χ3v) is 5.73. The Hall–Kier alpha value is -2.61. The number of benzene rings is 1. The second kappa shape index (κ2) is 6.60. The minimum Gasteiger partial charge on any atom is -0.438 e. The van der Waals surface area contributed by atoms with Crippen molar-refractivity contribution in [1.29, 1.82) is 0 Å². The van der Waals surface area contributed by atoms with Gasteiger partial charge in [0.25, 0.3) is 15.9 Å². The van der Waals surface area contributed by atoms with Crippen LogP contribution in [0.2, 0.25) is 0 Å². The van der Waals surface area contributed by atoms with Gasteiger partial charge in [0.1, 0.15) is 0 Å². The van der Waals surface area contributed by atoms with Crippen LogP contribution in [-0.4, -0.2) is 18.6 Å². The molecule has 0 bridgehead atoms. The molecule has 1 aromatic carbocycles. The van der Waals surface area contributed by atoms with E-state index in [2.05, 4.69) is 14.9 Å². The summed E-state index contributed by atoms with van der Waals surface area (Å²) in [6, 6.07) is 10.0. The summed E-state index contributed by atoms with van der Waals surface area (Å²) in [5.74, 6) is 1.32. The van der Waals surface area contributed by atoms with Crippen LogP contribution >= 0.6 is 0 Å². The molecule has 1 saturated carbocycles. The zero-order valence-corrected chi connectivity index (χ0v) is 15.1. The minimum absolute atomic E-state index is 0.198. The molecule has 1 fully saturated rings. The molecule has 3 aromatic rings. The molecule has 1 aliphatic rings. The molecule has 1 aliphatic carbocycles. The minimum atomic E-state index is -3.83. The summed E-state index contributed by atoms with van der Waals surface area (Å²) in [6.45, 7) is 1.89. The van der Waals surface area contributed by atoms with Crippen molar-refractivity contribution < 1.29 is 17.3 Å². The van der Waals surface area contributed by atoms with E-state index >= 15 is 0 Å². The lowest BCUT2D eigenvalue weighted by Crippen LogP contribution is -2.12. The molecule has 0 radical (unpaired) electrons. The maximum Gasteiger partial charge on any atom is 0.295 e. The van der Waals surface area contributed by atoms with E-state index < -0.39 is 10.0 Å². The van der Waals surface area contributed by atoms with Crippen LogP contribution in [0.15, 0.2) is 50.3 Å². The van der Waals surface area contributed by atoms with Crippen molar-refractivity contribution in [1.82, 2.24) is 10.2 Å². The lowest BCUT2D eigenvalue weighted by molar-refractivity contribution is 0.421. The van der Waals surface area contributed by atoms with Crippen LogP contribution in [0.5, 0.6) is 0 Å². The van der Waals surface area contributed by atoms with Gasteiger partial charge in [-0.2, -0.15) is 8.42 Å². The molecule has 0 atom stereocenters. The standard InChI is InChI=1S/C18H19N3O4S/c1-12-5-4-8-14(11-12)21-26(22,23)16-10-9-15(24-16)18-20-19-17(25-18)13-6-2-3-7-13/h4-5,8-11,13,21H,2-3,6-7H2,1H3. The van der Waals surface area contributed by atoms with Gasteiger partial charge in [-0.3, -0.25) is 4.72 Å². The van der Waals surface area contributed by atoms with E-state index in [9.17, 15) is 8.42 Å². The lowest BCUT2D eigenvalue weighted by atomic mass is 10.1. The van der Waals surface area contributed by atoms with Gasteiger partial charge < -0.3 is 8.83 Å². The quantitative estimate of drug-likeness (QED) is 0.723. The lowest BCUT2D eigenvalue weighted by Gasteiger charge is -2.06. The highest BCUT2D eigenvalue weighted by atomic mass is 32.2. The van der Waals surface area contributed by atoms with Crippen molar-refractivity contribution in [2.75, 3.05) is 4.72 Å². The Morgan fingerprint density at radius 1 is 1.08 bits per heavy atom. The molecule has 8 heteroatoms. The van der Waals surface area contributed by atoms with E-state index in [0.29, 0.717) is 11.6 Å². The number of hydrogen-bond acceptors (Lipinski definition) is 6. The largest absolute Gasteiger partial charge is 0.438 e. The van der Waals surface area contributed by atoms with E-state index in [4.69, 9.17) is 8.83 Å². The Bertz CT molecular complexity index is 1020. The predicted octanol–water partition coefficient (Wildman–Crippen LogP) is 4.10. The van der Waals surface area contributed by atoms with E-state index in [0.717, 1.165) is 31.2 Å². The van der Waals surface area contributed by atoms with Gasteiger partial charge in [0.15, 0.2) is 5.76 Å². The van der Waals surface area contributed by atoms with Crippen LogP contribution in [0, 0.1) is 6.92 Å². The Kier molecular flexibility index (Phi) is 4.28. The number of nitrogens with zero attached hydrogens (tertiary/aromatic N) is 2. The van der Waals surface area contributed by atoms with Crippen molar-refractivity contribution in [3.63, 3.8) is 0 Å². The van der Waals surface area contributed by atoms with Crippen LogP contribution in [0.4, 0.5) is 5.69 Å². The normalized spacial score (nSPS) is 15.4. The maximum absolute atomic E-state index is 12.5. The first-order chi connectivity index (χ1) is 12.5. The number of sulfonamides is 1. The van der Waals surface area contributed by atoms with E-state index in [1.54, 1.807) is 18.2 Å². The monoisotopic (exact) mass is 373 g/mol. The number of nitrogens with one attached hydrogen (secondary N) is 1. The fraction of sp³-hybridized carbons (Fsp3) is 0.333. The highest BCUT2D eigenvalue weighted by Crippen LogP contribution is 2.35. The van der Waals surface area contributed by atoms with E-state index in [1.807, 2.05) is 13.0 Å². The van der Waals surface area contributed by atoms with Gasteiger partial charge in [0, 0.05) is 11.6 Å². The summed E-state index contributed by atoms with van der Waals surface area (Å²) in [5, 5.41) is 7.88. The zero-order valence-electron chi connectivity index (χ0n) is 14.3. The summed E-state index contributed by atoms with van der Waals surface area (Å²) < 4.78 is 38.7. The van der Waals surface area contributed by atoms with Crippen LogP contribution in [0.1, 0.15) is 43.1 Å². The Morgan fingerprint density at radius 3 is 2.65 bits per heavy atom. The first kappa shape index (κ1) is 16.8. The molecule has 0 aliphatic heterocycles. The van der Waals surface area contributed by atoms with Gasteiger partial charge in [-0.05, 0) is 49.6 Å². The molecule has 1 N–H and O–H groups in total. The molecule has 0 spiro atoms. The fourth-order valence-electron chi connectivity index (χ4n) is 3.17. The van der Waals surface area contributed by atoms with Crippen LogP contribution in [-0.2, 0) is 10.0 Å². The van der Waals surface area contributed by atoms with Crippen molar-refractivity contribution >= 4 is 15.7 Å². The van der Waals surface area contributed by atoms with Gasteiger partial charge >= 0.3 is 0 Å². The van der Waals surface area contributed by atoms with Gasteiger partial charge in [-0.15, -0.1) is 10.2 Å². The third-order valence-electron chi connectivity index (χ3n) is 4.47. The van der Waals surface area contributed by atoms with Crippen molar-refractivity contribution in [3.05, 3.63) is 47.9 Å². The fourth-order valence-corrected chi connectivity index (χ4v) is 4.15. The Balaban J connectivity index is 1.55. The van der Waals surface area contributed by atoms with Crippen molar-refractivity contribution in [3.8, 4) is 11.7 Å². The summed E-state index contributed by atoms with van der Waals surface area (Å²) in [4.78, 5) is 0. The number of aryl methyl sites for hydroxylation is 1. The smallest absolute Gasteiger partial charge is 0.295 e. The molecular weight excluding hydrogens is 354 g/mol. The summed E-state index contributed by atoms with van der Waals surface area (Å²) >= 11 is 0. The highest BCUT2D eigenvalue weighted by Gasteiger charge is 2.25. The molecule has 0 unspecified atom stereocenters. The first-order valence-electron chi connectivity index (χ1n) is 8.54. The summed E-state index contributed by atoms with van der Waals surface area (Å²) in [6.07, 6.45) is 4.41. The molecule has 136 valence electrons. The average molecular weight is 373 g/mol. The van der Waals surface area contributed by atoms with Gasteiger partial charge in [0.2, 0.25) is 11.0 Å². The molecule has 2 aromatic heterocycles. The Morgan fingerprint density at radius 2 is 1.88 bits per heavy atom. The van der Waals surface area contributed by atoms with Crippen LogP contribution in [0.3, 0.4) is 0 Å². The SMILES string of the molecule is Cc1cccc(NS(=O)(=O)c2ccc(-c3nnc(C4CCCC4)o3)o2)c1. The third kappa shape index (κ3) is 3.37. The number of furan rings is 1. The van der Waals surface area contributed by atoms with Crippen molar-refractivity contribution in [2.45, 2.75) is 43.6 Å². The maximum atomic E-state index is 12.5. The average Bonchev–Trinajstić information content (AvgIpc) is 3.34. The second-order valence-electron chi connectivity index (χ2n) is 6.52. The molecule has 7 nitrogen and oxygen atoms in total. The second-order valence-corrected chi connectivity index (χ2v) is 8.13. The Labute approximate surface area is 151 Å². The molecule has 26 heavy (non-hydrogen) atoms. The molecule has 2 heterocycles. The molecule has 4 rings (SSSR count). The number of aromatic nitrogens is 2. The predicted molar refractivity (Wildman–Crippen MR) is 95.2 cm³/mol. The topological polar surface area (TPSA) is 98.2 Å². The van der Waals surface area contributed by atoms with Crippen LogP contribution in [0.25, 0.3) is 11.7 Å². The summed E-state index contributed by atoms with van der Waals surface area (Å²) in [5.41, 5.74) is 1.43. The van der Waals surface area contributed by atoms with Gasteiger partial charge in [0.05, 0.1) is 0 Å². The highest BCUT2D eigenvalue weighted by molar-refractivity contribution is 7.92. The number of anilines is 1. The number of rotatable bonds is 5. The molecular formula is C18H19N3O4S. The molecule has 0 saturated heterocycles. The van der Waals surface area contributed by atoms with Crippen molar-refractivity contribution in [2.24, 2.45) is 0 Å². The van der Waals surface area contributed by atoms with Crippen LogP contribution < -0.4 is 4.72 Å². The molecule has 0 amide bonds. The summed E-state index contributed by atoms with van der Waals surface area (Å²) in [7, 11) is -3.83. The number of hydrogen-bond donors (Lipinski definition) is 1. The zero-order chi connectivity index (χ0) is 18.1. The van der Waals surface area contributed by atoms with E-state index in [1.165, 1.54) is 12.1 Å². The van der Waals surface area contributed by atoms with E-state index in [-0.39, 0.29) is 22.7 Å². The van der Waals surface area contributed by atoms with Gasteiger partial charge in [-0.25, -0.2) is 0 Å². The first-order valence-corrected chi connectivity index (χ1v) is 10.0. The van der Waals surface area contributed by atoms with Gasteiger partial charge in [-0.1, -0.05) is 25.0 Å².